The van der Waals surface area contributed by atoms with E-state index in [4.69, 9.17) is 0 Å². The van der Waals surface area contributed by atoms with Crippen LogP contribution >= 0.6 is 0 Å². The van der Waals surface area contributed by atoms with Gasteiger partial charge in [0.15, 0.2) is 0 Å². The molecule has 0 aromatic rings. The van der Waals surface area contributed by atoms with E-state index in [2.05, 4.69) is 23.0 Å². The molecule has 0 bridgehead atoms. The maximum absolute atomic E-state index is 10.8. The van der Waals surface area contributed by atoms with Crippen LogP contribution in [0.2, 0.25) is 0 Å². The van der Waals surface area contributed by atoms with Crippen LogP contribution in [0.15, 0.2) is 36.0 Å². The number of ether oxygens (including phenoxy) is 1. The SMILES string of the molecule is CC.COC(=O)/C=C/C1=CC2CC2C=C1. The van der Waals surface area contributed by atoms with Gasteiger partial charge in [-0.25, -0.2) is 4.79 Å². The number of hydrogen-bond donors (Lipinski definition) is 0. The van der Waals surface area contributed by atoms with E-state index in [1.807, 2.05) is 13.8 Å². The number of methoxy groups -OCH3 is 1. The summed E-state index contributed by atoms with van der Waals surface area (Å²) in [5.74, 6) is 1.20. The van der Waals surface area contributed by atoms with Gasteiger partial charge in [0.2, 0.25) is 0 Å². The molecular weight excluding hydrogens is 188 g/mol. The number of fused-ring (bicyclic) bond motifs is 1. The summed E-state index contributed by atoms with van der Waals surface area (Å²) in [5.41, 5.74) is 1.11. The van der Waals surface area contributed by atoms with Gasteiger partial charge < -0.3 is 4.74 Å². The second kappa shape index (κ2) is 5.54. The van der Waals surface area contributed by atoms with Crippen LogP contribution in [0.5, 0.6) is 0 Å². The fraction of sp³-hybridized carbons (Fsp3) is 0.462. The van der Waals surface area contributed by atoms with Gasteiger partial charge >= 0.3 is 5.97 Å². The van der Waals surface area contributed by atoms with Gasteiger partial charge in [-0.2, -0.15) is 0 Å². The van der Waals surface area contributed by atoms with Crippen LogP contribution in [0.1, 0.15) is 20.3 Å². The minimum Gasteiger partial charge on any atom is -0.466 e. The monoisotopic (exact) mass is 206 g/mol. The highest BCUT2D eigenvalue weighted by Gasteiger charge is 2.34. The molecule has 0 spiro atoms. The summed E-state index contributed by atoms with van der Waals surface area (Å²) in [6.45, 7) is 4.00. The van der Waals surface area contributed by atoms with Gasteiger partial charge in [-0.15, -0.1) is 0 Å². The Morgan fingerprint density at radius 1 is 1.47 bits per heavy atom. The molecule has 2 rings (SSSR count). The number of hydrogen-bond acceptors (Lipinski definition) is 2. The van der Waals surface area contributed by atoms with Crippen molar-refractivity contribution in [2.24, 2.45) is 11.8 Å². The first kappa shape index (κ1) is 11.8. The number of carbonyl (C=O) groups is 1. The second-order valence-corrected chi connectivity index (χ2v) is 3.45. The molecule has 0 N–H and O–H groups in total. The van der Waals surface area contributed by atoms with Gasteiger partial charge in [0.1, 0.15) is 0 Å². The molecule has 15 heavy (non-hydrogen) atoms. The highest BCUT2D eigenvalue weighted by molar-refractivity contribution is 5.82. The first-order valence-corrected chi connectivity index (χ1v) is 5.45. The van der Waals surface area contributed by atoms with Crippen LogP contribution in [0.4, 0.5) is 0 Å². The normalized spacial score (nSPS) is 26.2. The Bertz CT molecular complexity index is 310. The molecule has 2 aliphatic carbocycles. The van der Waals surface area contributed by atoms with Crippen molar-refractivity contribution in [2.75, 3.05) is 7.11 Å². The zero-order chi connectivity index (χ0) is 11.3. The Hall–Kier alpha value is -1.31. The highest BCUT2D eigenvalue weighted by Crippen LogP contribution is 2.44. The van der Waals surface area contributed by atoms with Crippen molar-refractivity contribution in [3.05, 3.63) is 36.0 Å². The molecule has 2 unspecified atom stereocenters. The summed E-state index contributed by atoms with van der Waals surface area (Å²) in [5, 5.41) is 0. The van der Waals surface area contributed by atoms with Crippen LogP contribution in [0, 0.1) is 11.8 Å². The minimum atomic E-state index is -0.299. The lowest BCUT2D eigenvalue weighted by Crippen LogP contribution is -1.94. The summed E-state index contributed by atoms with van der Waals surface area (Å²) >= 11 is 0. The summed E-state index contributed by atoms with van der Waals surface area (Å²) in [4.78, 5) is 10.8. The Morgan fingerprint density at radius 2 is 2.20 bits per heavy atom. The molecule has 2 atom stereocenters. The quantitative estimate of drug-likeness (QED) is 0.513. The van der Waals surface area contributed by atoms with E-state index < -0.39 is 0 Å². The van der Waals surface area contributed by atoms with Crippen LogP contribution < -0.4 is 0 Å². The smallest absolute Gasteiger partial charge is 0.330 e. The molecule has 0 aromatic carbocycles. The van der Waals surface area contributed by atoms with E-state index >= 15 is 0 Å². The molecule has 0 aliphatic heterocycles. The number of allylic oxidation sites excluding steroid dienone is 5. The molecule has 0 heterocycles. The van der Waals surface area contributed by atoms with Gasteiger partial charge in [-0.05, 0) is 29.9 Å². The van der Waals surface area contributed by atoms with E-state index in [9.17, 15) is 4.79 Å². The average molecular weight is 206 g/mol. The first-order valence-electron chi connectivity index (χ1n) is 5.45. The summed E-state index contributed by atoms with van der Waals surface area (Å²) in [7, 11) is 1.38. The largest absolute Gasteiger partial charge is 0.466 e. The van der Waals surface area contributed by atoms with Gasteiger partial charge in [0.25, 0.3) is 0 Å². The third-order valence-electron chi connectivity index (χ3n) is 2.45. The van der Waals surface area contributed by atoms with Crippen LogP contribution in [0.25, 0.3) is 0 Å². The molecule has 0 amide bonds. The van der Waals surface area contributed by atoms with Crippen molar-refractivity contribution in [3.63, 3.8) is 0 Å². The van der Waals surface area contributed by atoms with Crippen LogP contribution in [-0.4, -0.2) is 13.1 Å². The lowest BCUT2D eigenvalue weighted by Gasteiger charge is -1.99. The lowest BCUT2D eigenvalue weighted by molar-refractivity contribution is -0.134. The van der Waals surface area contributed by atoms with Crippen molar-refractivity contribution in [3.8, 4) is 0 Å². The maximum atomic E-state index is 10.8. The topological polar surface area (TPSA) is 26.3 Å². The predicted octanol–water partition coefficient (Wildman–Crippen LogP) is 2.87. The fourth-order valence-electron chi connectivity index (χ4n) is 1.53. The zero-order valence-electron chi connectivity index (χ0n) is 9.57. The van der Waals surface area contributed by atoms with Crippen molar-refractivity contribution in [1.29, 1.82) is 0 Å². The molecule has 82 valence electrons. The molecule has 0 radical (unpaired) electrons. The number of rotatable bonds is 2. The third kappa shape index (κ3) is 3.39. The van der Waals surface area contributed by atoms with Crippen molar-refractivity contribution in [1.82, 2.24) is 0 Å². The summed E-state index contributed by atoms with van der Waals surface area (Å²) < 4.78 is 4.50. The molecule has 2 heteroatoms. The molecule has 1 fully saturated rings. The van der Waals surface area contributed by atoms with E-state index in [0.717, 1.165) is 17.4 Å². The maximum Gasteiger partial charge on any atom is 0.330 e. The van der Waals surface area contributed by atoms with E-state index in [-0.39, 0.29) is 5.97 Å². The third-order valence-corrected chi connectivity index (χ3v) is 2.45. The molecule has 0 aromatic heterocycles. The predicted molar refractivity (Wildman–Crippen MR) is 61.3 cm³/mol. The van der Waals surface area contributed by atoms with Crippen molar-refractivity contribution in [2.45, 2.75) is 20.3 Å². The van der Waals surface area contributed by atoms with Crippen LogP contribution in [-0.2, 0) is 9.53 Å². The van der Waals surface area contributed by atoms with Gasteiger partial charge in [0.05, 0.1) is 7.11 Å². The Balaban J connectivity index is 0.000000531. The van der Waals surface area contributed by atoms with Gasteiger partial charge in [0, 0.05) is 6.08 Å². The molecular formula is C13H18O2. The fourth-order valence-corrected chi connectivity index (χ4v) is 1.53. The highest BCUT2D eigenvalue weighted by atomic mass is 16.5. The average Bonchev–Trinajstić information content (AvgIpc) is 3.06. The van der Waals surface area contributed by atoms with Crippen molar-refractivity contribution >= 4 is 5.97 Å². The van der Waals surface area contributed by atoms with E-state index in [0.29, 0.717) is 0 Å². The number of carbonyl (C=O) groups excluding carboxylic acids is 1. The standard InChI is InChI=1S/C11H12O2.C2H6/c1-13-11(12)5-3-8-2-4-9-7-10(9)6-8;1-2/h2-6,9-10H,7H2,1H3;1-2H3/b5-3+;. The first-order chi connectivity index (χ1) is 7.29. The minimum absolute atomic E-state index is 0.299. The molecule has 2 nitrogen and oxygen atoms in total. The van der Waals surface area contributed by atoms with Crippen LogP contribution in [0.3, 0.4) is 0 Å². The molecule has 1 saturated carbocycles. The molecule has 2 aliphatic rings. The molecule has 0 saturated heterocycles. The summed E-state index contributed by atoms with van der Waals surface area (Å²) in [6, 6.07) is 0. The van der Waals surface area contributed by atoms with Crippen molar-refractivity contribution < 1.29 is 9.53 Å². The Kier molecular flexibility index (Phi) is 4.35. The second-order valence-electron chi connectivity index (χ2n) is 3.45. The summed E-state index contributed by atoms with van der Waals surface area (Å²) in [6.07, 6.45) is 11.0. The Labute approximate surface area is 91.3 Å². The zero-order valence-corrected chi connectivity index (χ0v) is 9.57. The van der Waals surface area contributed by atoms with E-state index in [1.165, 1.54) is 19.6 Å². The number of esters is 1. The van der Waals surface area contributed by atoms with Gasteiger partial charge in [-0.3, -0.25) is 0 Å². The Morgan fingerprint density at radius 3 is 2.80 bits per heavy atom. The van der Waals surface area contributed by atoms with E-state index in [1.54, 1.807) is 6.08 Å². The van der Waals surface area contributed by atoms with Gasteiger partial charge in [-0.1, -0.05) is 32.1 Å². The lowest BCUT2D eigenvalue weighted by atomic mass is 10.1.